The second-order valence-electron chi connectivity index (χ2n) is 4.03. The maximum atomic E-state index is 11.7. The average Bonchev–Trinajstić information content (AvgIpc) is 2.30. The summed E-state index contributed by atoms with van der Waals surface area (Å²) in [5.74, 6) is -0.343. The molecular weight excluding hydrogens is 263 g/mol. The highest BCUT2D eigenvalue weighted by atomic mass is 35.5. The Balaban J connectivity index is 2.68. The molecular formula is C11H14Cl2N2O2. The van der Waals surface area contributed by atoms with Gasteiger partial charge in [-0.3, -0.25) is 4.79 Å². The highest BCUT2D eigenvalue weighted by Gasteiger charge is 2.19. The average molecular weight is 277 g/mol. The molecule has 1 atom stereocenters. The topological polar surface area (TPSA) is 62.2 Å². The summed E-state index contributed by atoms with van der Waals surface area (Å²) in [6, 6.07) is 1.44. The molecule has 0 aromatic carbocycles. The van der Waals surface area contributed by atoms with Crippen molar-refractivity contribution in [2.75, 3.05) is 6.54 Å². The molecule has 0 saturated heterocycles. The Morgan fingerprint density at radius 1 is 1.59 bits per heavy atom. The zero-order chi connectivity index (χ0) is 13.1. The number of aromatic nitrogens is 1. The van der Waals surface area contributed by atoms with Crippen LogP contribution >= 0.6 is 23.2 Å². The quantitative estimate of drug-likeness (QED) is 0.830. The number of hydrogen-bond acceptors (Lipinski definition) is 3. The van der Waals surface area contributed by atoms with Crippen LogP contribution in [-0.4, -0.2) is 28.1 Å². The molecule has 0 aliphatic carbocycles. The predicted molar refractivity (Wildman–Crippen MR) is 67.5 cm³/mol. The minimum atomic E-state index is -0.917. The van der Waals surface area contributed by atoms with Gasteiger partial charge in [-0.05, 0) is 19.4 Å². The van der Waals surface area contributed by atoms with Crippen molar-refractivity contribution in [3.8, 4) is 0 Å². The van der Waals surface area contributed by atoms with Gasteiger partial charge in [-0.15, -0.1) is 0 Å². The first-order valence-electron chi connectivity index (χ1n) is 5.17. The Bertz CT molecular complexity index is 422. The molecule has 2 N–H and O–H groups in total. The molecule has 1 amide bonds. The SMILES string of the molecule is CCC(C)(O)CNC(=O)c1cnc(Cl)c(Cl)c1. The molecule has 0 saturated carbocycles. The molecule has 94 valence electrons. The number of halogens is 2. The van der Waals surface area contributed by atoms with Gasteiger partial charge in [0.25, 0.3) is 5.91 Å². The fourth-order valence-electron chi connectivity index (χ4n) is 1.04. The van der Waals surface area contributed by atoms with E-state index in [1.807, 2.05) is 6.92 Å². The van der Waals surface area contributed by atoms with E-state index < -0.39 is 5.60 Å². The van der Waals surface area contributed by atoms with Crippen molar-refractivity contribution < 1.29 is 9.90 Å². The number of rotatable bonds is 4. The first kappa shape index (κ1) is 14.2. The van der Waals surface area contributed by atoms with E-state index in [4.69, 9.17) is 23.2 Å². The third-order valence-electron chi connectivity index (χ3n) is 2.45. The molecule has 0 fully saturated rings. The molecule has 1 aromatic heterocycles. The third-order valence-corrected chi connectivity index (χ3v) is 3.14. The monoisotopic (exact) mass is 276 g/mol. The summed E-state index contributed by atoms with van der Waals surface area (Å²) < 4.78 is 0. The minimum Gasteiger partial charge on any atom is -0.388 e. The van der Waals surface area contributed by atoms with Crippen LogP contribution in [0.3, 0.4) is 0 Å². The summed E-state index contributed by atoms with van der Waals surface area (Å²) in [5, 5.41) is 12.7. The van der Waals surface area contributed by atoms with Crippen LogP contribution in [0.2, 0.25) is 10.2 Å². The van der Waals surface area contributed by atoms with Crippen molar-refractivity contribution in [1.82, 2.24) is 10.3 Å². The zero-order valence-corrected chi connectivity index (χ0v) is 11.1. The Morgan fingerprint density at radius 3 is 2.76 bits per heavy atom. The smallest absolute Gasteiger partial charge is 0.253 e. The van der Waals surface area contributed by atoms with Gasteiger partial charge in [0.05, 0.1) is 16.2 Å². The van der Waals surface area contributed by atoms with Gasteiger partial charge in [-0.25, -0.2) is 4.98 Å². The van der Waals surface area contributed by atoms with Crippen molar-refractivity contribution in [2.24, 2.45) is 0 Å². The first-order valence-corrected chi connectivity index (χ1v) is 5.93. The molecule has 1 unspecified atom stereocenters. The van der Waals surface area contributed by atoms with E-state index in [9.17, 15) is 9.90 Å². The Hall–Kier alpha value is -0.840. The lowest BCUT2D eigenvalue weighted by Crippen LogP contribution is -2.40. The number of pyridine rings is 1. The number of carbonyl (C=O) groups is 1. The number of nitrogens with one attached hydrogen (secondary N) is 1. The van der Waals surface area contributed by atoms with Crippen molar-refractivity contribution in [2.45, 2.75) is 25.9 Å². The molecule has 1 rings (SSSR count). The van der Waals surface area contributed by atoms with E-state index in [-0.39, 0.29) is 22.6 Å². The van der Waals surface area contributed by atoms with Gasteiger partial charge in [0.1, 0.15) is 5.15 Å². The lowest BCUT2D eigenvalue weighted by molar-refractivity contribution is 0.0518. The van der Waals surface area contributed by atoms with Gasteiger partial charge in [0, 0.05) is 12.7 Å². The molecule has 4 nitrogen and oxygen atoms in total. The van der Waals surface area contributed by atoms with Crippen LogP contribution in [-0.2, 0) is 0 Å². The number of amides is 1. The van der Waals surface area contributed by atoms with Crippen molar-refractivity contribution in [3.05, 3.63) is 28.0 Å². The van der Waals surface area contributed by atoms with E-state index in [1.54, 1.807) is 6.92 Å². The van der Waals surface area contributed by atoms with Crippen LogP contribution in [0.4, 0.5) is 0 Å². The van der Waals surface area contributed by atoms with Gasteiger partial charge in [-0.2, -0.15) is 0 Å². The highest BCUT2D eigenvalue weighted by molar-refractivity contribution is 6.41. The molecule has 0 radical (unpaired) electrons. The van der Waals surface area contributed by atoms with Crippen molar-refractivity contribution >= 4 is 29.1 Å². The molecule has 17 heavy (non-hydrogen) atoms. The third kappa shape index (κ3) is 4.15. The summed E-state index contributed by atoms with van der Waals surface area (Å²) in [7, 11) is 0. The lowest BCUT2D eigenvalue weighted by Gasteiger charge is -2.21. The molecule has 0 spiro atoms. The maximum Gasteiger partial charge on any atom is 0.253 e. The van der Waals surface area contributed by atoms with E-state index in [0.29, 0.717) is 12.0 Å². The lowest BCUT2D eigenvalue weighted by atomic mass is 10.0. The molecule has 1 heterocycles. The standard InChI is InChI=1S/C11H14Cl2N2O2/c1-3-11(2,17)6-15-10(16)7-4-8(12)9(13)14-5-7/h4-5,17H,3,6H2,1-2H3,(H,15,16). The minimum absolute atomic E-state index is 0.156. The first-order chi connectivity index (χ1) is 7.85. The van der Waals surface area contributed by atoms with Gasteiger partial charge in [0.15, 0.2) is 0 Å². The number of carbonyl (C=O) groups excluding carboxylic acids is 1. The zero-order valence-electron chi connectivity index (χ0n) is 9.63. The molecule has 1 aromatic rings. The Labute approximate surface area is 110 Å². The van der Waals surface area contributed by atoms with Gasteiger partial charge in [0.2, 0.25) is 0 Å². The molecule has 6 heteroatoms. The largest absolute Gasteiger partial charge is 0.388 e. The summed E-state index contributed by atoms with van der Waals surface area (Å²) in [6.07, 6.45) is 1.89. The van der Waals surface area contributed by atoms with E-state index >= 15 is 0 Å². The molecule has 0 bridgehead atoms. The Morgan fingerprint density at radius 2 is 2.24 bits per heavy atom. The maximum absolute atomic E-state index is 11.7. The van der Waals surface area contributed by atoms with Crippen LogP contribution < -0.4 is 5.32 Å². The fourth-order valence-corrected chi connectivity index (χ4v) is 1.31. The molecule has 0 aliphatic rings. The van der Waals surface area contributed by atoms with Crippen LogP contribution in [0, 0.1) is 0 Å². The van der Waals surface area contributed by atoms with Crippen molar-refractivity contribution in [3.63, 3.8) is 0 Å². The van der Waals surface area contributed by atoms with Crippen LogP contribution in [0.25, 0.3) is 0 Å². The predicted octanol–water partition coefficient (Wildman–Crippen LogP) is 2.28. The van der Waals surface area contributed by atoms with Gasteiger partial charge >= 0.3 is 0 Å². The van der Waals surface area contributed by atoms with Gasteiger partial charge < -0.3 is 10.4 Å². The Kier molecular flexibility index (Phi) is 4.74. The second-order valence-corrected chi connectivity index (χ2v) is 4.80. The van der Waals surface area contributed by atoms with Gasteiger partial charge in [-0.1, -0.05) is 30.1 Å². The number of hydrogen-bond donors (Lipinski definition) is 2. The summed E-state index contributed by atoms with van der Waals surface area (Å²) in [4.78, 5) is 15.5. The second kappa shape index (κ2) is 5.67. The number of nitrogens with zero attached hydrogens (tertiary/aromatic N) is 1. The fraction of sp³-hybridized carbons (Fsp3) is 0.455. The normalized spacial score (nSPS) is 14.2. The van der Waals surface area contributed by atoms with Crippen LogP contribution in [0.15, 0.2) is 12.3 Å². The summed E-state index contributed by atoms with van der Waals surface area (Å²) >= 11 is 11.4. The molecule has 0 aliphatic heterocycles. The van der Waals surface area contributed by atoms with E-state index in [1.165, 1.54) is 12.3 Å². The van der Waals surface area contributed by atoms with Crippen LogP contribution in [0.1, 0.15) is 30.6 Å². The van der Waals surface area contributed by atoms with Crippen molar-refractivity contribution in [1.29, 1.82) is 0 Å². The number of aliphatic hydroxyl groups is 1. The van der Waals surface area contributed by atoms with E-state index in [2.05, 4.69) is 10.3 Å². The van der Waals surface area contributed by atoms with E-state index in [0.717, 1.165) is 0 Å². The summed E-state index contributed by atoms with van der Waals surface area (Å²) in [6.45, 7) is 3.66. The van der Waals surface area contributed by atoms with Crippen LogP contribution in [0.5, 0.6) is 0 Å². The summed E-state index contributed by atoms with van der Waals surface area (Å²) in [5.41, 5.74) is -0.606. The highest BCUT2D eigenvalue weighted by Crippen LogP contribution is 2.19.